The van der Waals surface area contributed by atoms with Crippen molar-refractivity contribution in [2.24, 2.45) is 0 Å². The summed E-state index contributed by atoms with van der Waals surface area (Å²) in [5, 5.41) is 32.2. The maximum atomic E-state index is 10.4. The van der Waals surface area contributed by atoms with Crippen molar-refractivity contribution in [1.82, 2.24) is 0 Å². The van der Waals surface area contributed by atoms with Crippen LogP contribution in [0.5, 0.6) is 0 Å². The molecule has 0 saturated carbocycles. The van der Waals surface area contributed by atoms with E-state index in [9.17, 15) is 4.79 Å². The second-order valence-corrected chi connectivity index (χ2v) is 3.95. The van der Waals surface area contributed by atoms with Gasteiger partial charge in [0.15, 0.2) is 0 Å². The Bertz CT molecular complexity index is 551. The average Bonchev–Trinajstić information content (AvgIpc) is 2.59. The van der Waals surface area contributed by atoms with E-state index in [1.54, 1.807) is 24.3 Å². The van der Waals surface area contributed by atoms with E-state index < -0.39 is 5.97 Å². The minimum absolute atomic E-state index is 0. The molecule has 0 aliphatic heterocycles. The quantitative estimate of drug-likeness (QED) is 0.161. The van der Waals surface area contributed by atoms with Gasteiger partial charge < -0.3 is 20.4 Å². The van der Waals surface area contributed by atoms with Gasteiger partial charge in [-0.05, 0) is 11.4 Å². The second kappa shape index (κ2) is 31.5. The number of carbonyl (C=O) groups is 4. The molecule has 0 amide bonds. The van der Waals surface area contributed by atoms with Crippen LogP contribution in [-0.4, -0.2) is 45.3 Å². The van der Waals surface area contributed by atoms with Gasteiger partial charge in [0.2, 0.25) is 0 Å². The Morgan fingerprint density at radius 3 is 1.26 bits per heavy atom. The van der Waals surface area contributed by atoms with E-state index in [0.717, 1.165) is 23.5 Å². The number of allylic oxidation sites excluding steroid dienone is 3. The number of hydrogen-bond acceptors (Lipinski definition) is 7. The molecule has 1 atom stereocenters. The van der Waals surface area contributed by atoms with E-state index in [4.69, 9.17) is 34.8 Å². The summed E-state index contributed by atoms with van der Waals surface area (Å²) in [7, 11) is 2.37. The first kappa shape index (κ1) is 35.8. The van der Waals surface area contributed by atoms with Crippen molar-refractivity contribution in [3.05, 3.63) is 66.8 Å². The van der Waals surface area contributed by atoms with Gasteiger partial charge in [-0.3, -0.25) is 14.4 Å². The molecule has 0 aliphatic rings. The van der Waals surface area contributed by atoms with Crippen LogP contribution in [0.1, 0.15) is 10.4 Å². The minimum Gasteiger partial charge on any atom is -0.515 e. The normalized spacial score (nSPS) is 8.33. The number of rotatable bonds is 4. The van der Waals surface area contributed by atoms with Crippen LogP contribution in [0.15, 0.2) is 61.3 Å². The topological polar surface area (TPSA) is 149 Å². The number of aromatic carboxylic acids is 1. The molecule has 0 aliphatic carbocycles. The molecule has 27 heavy (non-hydrogen) atoms. The molecular weight excluding hydrogens is 478 g/mol. The molecule has 0 bridgehead atoms. The van der Waals surface area contributed by atoms with Crippen LogP contribution < -0.4 is 5.30 Å². The summed E-state index contributed by atoms with van der Waals surface area (Å²) in [6, 6.07) is 6.82. The molecule has 1 aromatic carbocycles. The summed E-state index contributed by atoms with van der Waals surface area (Å²) < 4.78 is 0. The van der Waals surface area contributed by atoms with Crippen LogP contribution in [0.2, 0.25) is 0 Å². The summed E-state index contributed by atoms with van der Waals surface area (Å²) in [5.41, 5.74) is 0.340. The van der Waals surface area contributed by atoms with Gasteiger partial charge in [-0.1, -0.05) is 18.2 Å². The van der Waals surface area contributed by atoms with Gasteiger partial charge in [0.1, 0.15) is 18.9 Å². The van der Waals surface area contributed by atoms with Crippen LogP contribution in [-0.2, 0) is 48.5 Å². The van der Waals surface area contributed by atoms with E-state index in [1.165, 1.54) is 0 Å². The predicted molar refractivity (Wildman–Crippen MR) is 96.2 cm³/mol. The molecule has 1 aromatic rings. The first-order valence-corrected chi connectivity index (χ1v) is 6.85. The Kier molecular flexibility index (Phi) is 41.9. The molecule has 158 valence electrons. The summed E-state index contributed by atoms with van der Waals surface area (Å²) in [6.07, 6.45) is 6.56. The molecule has 0 fully saturated rings. The molecule has 11 heteroatoms. The summed E-state index contributed by atoms with van der Waals surface area (Å²) in [6.45, 7) is 0. The van der Waals surface area contributed by atoms with Crippen LogP contribution in [0, 0.1) is 0 Å². The Labute approximate surface area is 179 Å². The first-order chi connectivity index (χ1) is 12.0. The summed E-state index contributed by atoms with van der Waals surface area (Å²) in [4.78, 5) is 37.9. The van der Waals surface area contributed by atoms with Crippen molar-refractivity contribution in [2.45, 2.75) is 0 Å². The number of aliphatic hydroxyl groups is 3. The van der Waals surface area contributed by atoms with Gasteiger partial charge in [0.05, 0.1) is 24.3 Å². The molecule has 8 nitrogen and oxygen atoms in total. The third-order valence-electron chi connectivity index (χ3n) is 1.69. The SMILES string of the molecule is O=C(O)c1ccccc1P.O=CC=CO.O=CC=CO.O=CC=CO.[Cu].[Cu]. The van der Waals surface area contributed by atoms with Gasteiger partial charge in [0.25, 0.3) is 0 Å². The maximum absolute atomic E-state index is 10.4. The number of aldehydes is 3. The summed E-state index contributed by atoms with van der Waals surface area (Å²) in [5.74, 6) is -0.884. The minimum atomic E-state index is -0.884. The second-order valence-electron chi connectivity index (χ2n) is 3.33. The van der Waals surface area contributed by atoms with E-state index in [0.29, 0.717) is 43.2 Å². The molecule has 0 heterocycles. The van der Waals surface area contributed by atoms with E-state index in [-0.39, 0.29) is 34.1 Å². The zero-order valence-electron chi connectivity index (χ0n) is 13.6. The maximum Gasteiger partial charge on any atom is 0.336 e. The van der Waals surface area contributed by atoms with Gasteiger partial charge in [-0.15, -0.1) is 9.24 Å². The average molecular weight is 497 g/mol. The van der Waals surface area contributed by atoms with Crippen LogP contribution >= 0.6 is 9.24 Å². The van der Waals surface area contributed by atoms with E-state index in [1.807, 2.05) is 0 Å². The standard InChI is InChI=1S/C7H7O2P.3C3H4O2.2Cu/c8-7(9)5-3-1-2-4-6(5)10;3*4-2-1-3-5;;/h1-4H,10H2,(H,8,9);3*1-4H;;. The molecule has 1 rings (SSSR count). The molecule has 4 N–H and O–H groups in total. The fourth-order valence-corrected chi connectivity index (χ4v) is 1.13. The third kappa shape index (κ3) is 32.0. The molecule has 2 radical (unpaired) electrons. The van der Waals surface area contributed by atoms with E-state index in [2.05, 4.69) is 9.24 Å². The zero-order chi connectivity index (χ0) is 19.9. The Morgan fingerprint density at radius 1 is 0.778 bits per heavy atom. The van der Waals surface area contributed by atoms with Gasteiger partial charge in [0, 0.05) is 52.4 Å². The number of aliphatic hydroxyl groups excluding tert-OH is 3. The number of carboxylic acids is 1. The Balaban J connectivity index is -0.0000000831. The molecule has 1 unspecified atom stereocenters. The van der Waals surface area contributed by atoms with E-state index >= 15 is 0 Å². The zero-order valence-corrected chi connectivity index (χ0v) is 16.6. The van der Waals surface area contributed by atoms with Crippen molar-refractivity contribution in [3.63, 3.8) is 0 Å². The molecule has 0 spiro atoms. The molecule has 0 saturated heterocycles. The smallest absolute Gasteiger partial charge is 0.336 e. The fourth-order valence-electron chi connectivity index (χ4n) is 0.797. The van der Waals surface area contributed by atoms with Crippen molar-refractivity contribution >= 4 is 39.4 Å². The van der Waals surface area contributed by atoms with Gasteiger partial charge >= 0.3 is 5.97 Å². The van der Waals surface area contributed by atoms with Crippen molar-refractivity contribution in [2.75, 3.05) is 0 Å². The predicted octanol–water partition coefficient (Wildman–Crippen LogP) is 1.65. The first-order valence-electron chi connectivity index (χ1n) is 6.28. The van der Waals surface area contributed by atoms with Crippen LogP contribution in [0.3, 0.4) is 0 Å². The van der Waals surface area contributed by atoms with Crippen molar-refractivity contribution in [1.29, 1.82) is 0 Å². The monoisotopic (exact) mass is 496 g/mol. The number of carbonyl (C=O) groups excluding carboxylic acids is 3. The molecule has 0 aromatic heterocycles. The van der Waals surface area contributed by atoms with Crippen molar-refractivity contribution in [3.8, 4) is 0 Å². The largest absolute Gasteiger partial charge is 0.515 e. The number of hydrogen-bond donors (Lipinski definition) is 4. The van der Waals surface area contributed by atoms with Crippen LogP contribution in [0.4, 0.5) is 0 Å². The Hall–Kier alpha value is -2.21. The fraction of sp³-hybridized carbons (Fsp3) is 0. The third-order valence-corrected chi connectivity index (χ3v) is 2.19. The van der Waals surface area contributed by atoms with Gasteiger partial charge in [-0.2, -0.15) is 0 Å². The molecular formula is C16H19Cu2O8P. The van der Waals surface area contributed by atoms with Crippen LogP contribution in [0.25, 0.3) is 0 Å². The van der Waals surface area contributed by atoms with Crippen molar-refractivity contribution < 1.29 is 73.7 Å². The summed E-state index contributed by atoms with van der Waals surface area (Å²) >= 11 is 0. The number of carboxylic acid groups (broad SMARTS) is 1. The van der Waals surface area contributed by atoms with Gasteiger partial charge in [-0.25, -0.2) is 4.79 Å². The Morgan fingerprint density at radius 2 is 1.11 bits per heavy atom. The number of benzene rings is 1.